The molecule has 2 aromatic carbocycles. The molecule has 0 aliphatic rings. The van der Waals surface area contributed by atoms with Crippen LogP contribution in [0.5, 0.6) is 5.75 Å². The largest absolute Gasteiger partial charge is 0.497 e. The molecular weight excluding hydrogens is 302 g/mol. The van der Waals surface area contributed by atoms with Gasteiger partial charge in [0.05, 0.1) is 25.4 Å². The lowest BCUT2D eigenvalue weighted by atomic mass is 10.1. The van der Waals surface area contributed by atoms with Crippen molar-refractivity contribution in [3.8, 4) is 5.75 Å². The van der Waals surface area contributed by atoms with Gasteiger partial charge in [-0.1, -0.05) is 30.3 Å². The molecule has 0 spiro atoms. The Bertz CT molecular complexity index is 812. The molecule has 124 valence electrons. The molecule has 1 N–H and O–H groups in total. The van der Waals surface area contributed by atoms with E-state index < -0.39 is 0 Å². The molecule has 0 radical (unpaired) electrons. The highest BCUT2D eigenvalue weighted by molar-refractivity contribution is 5.80. The standard InChI is InChI=1S/C19H21N3O2/c1-24-17-7-8-18-16(13-17)14-21-22(18)12-10-19(23)20-11-9-15-5-3-2-4-6-15/h2-8,13-14H,9-12H2,1H3,(H,20,23). The van der Waals surface area contributed by atoms with Gasteiger partial charge in [-0.05, 0) is 30.2 Å². The van der Waals surface area contributed by atoms with Gasteiger partial charge in [0.25, 0.3) is 0 Å². The van der Waals surface area contributed by atoms with Gasteiger partial charge < -0.3 is 10.1 Å². The highest BCUT2D eigenvalue weighted by atomic mass is 16.5. The molecule has 5 nitrogen and oxygen atoms in total. The van der Waals surface area contributed by atoms with E-state index in [2.05, 4.69) is 22.5 Å². The molecule has 3 aromatic rings. The minimum absolute atomic E-state index is 0.0445. The zero-order valence-corrected chi connectivity index (χ0v) is 13.7. The second-order valence-electron chi connectivity index (χ2n) is 5.63. The lowest BCUT2D eigenvalue weighted by Gasteiger charge is -2.07. The Morgan fingerprint density at radius 2 is 2.04 bits per heavy atom. The zero-order chi connectivity index (χ0) is 16.8. The van der Waals surface area contributed by atoms with Crippen molar-refractivity contribution < 1.29 is 9.53 Å². The van der Waals surface area contributed by atoms with E-state index in [1.165, 1.54) is 5.56 Å². The lowest BCUT2D eigenvalue weighted by molar-refractivity contribution is -0.121. The lowest BCUT2D eigenvalue weighted by Crippen LogP contribution is -2.26. The van der Waals surface area contributed by atoms with E-state index in [9.17, 15) is 4.79 Å². The molecule has 0 bridgehead atoms. The predicted octanol–water partition coefficient (Wildman–Crippen LogP) is 2.79. The van der Waals surface area contributed by atoms with Crippen molar-refractivity contribution in [3.63, 3.8) is 0 Å². The van der Waals surface area contributed by atoms with E-state index >= 15 is 0 Å². The fraction of sp³-hybridized carbons (Fsp3) is 0.263. The first-order valence-corrected chi connectivity index (χ1v) is 8.06. The minimum Gasteiger partial charge on any atom is -0.497 e. The molecule has 1 amide bonds. The molecule has 0 saturated heterocycles. The first kappa shape index (κ1) is 16.1. The minimum atomic E-state index is 0.0445. The number of benzene rings is 2. The van der Waals surface area contributed by atoms with E-state index in [4.69, 9.17) is 4.74 Å². The fourth-order valence-corrected chi connectivity index (χ4v) is 2.66. The van der Waals surface area contributed by atoms with Crippen LogP contribution in [-0.2, 0) is 17.8 Å². The van der Waals surface area contributed by atoms with Crippen LogP contribution in [0.25, 0.3) is 10.9 Å². The van der Waals surface area contributed by atoms with Crippen LogP contribution in [0.3, 0.4) is 0 Å². The molecule has 0 unspecified atom stereocenters. The number of amides is 1. The Labute approximate surface area is 141 Å². The molecule has 5 heteroatoms. The summed E-state index contributed by atoms with van der Waals surface area (Å²) in [5.74, 6) is 0.851. The van der Waals surface area contributed by atoms with Crippen molar-refractivity contribution in [1.29, 1.82) is 0 Å². The number of aromatic nitrogens is 2. The summed E-state index contributed by atoms with van der Waals surface area (Å²) in [6.45, 7) is 1.22. The molecule has 1 heterocycles. The predicted molar refractivity (Wildman–Crippen MR) is 94.1 cm³/mol. The second-order valence-corrected chi connectivity index (χ2v) is 5.63. The van der Waals surface area contributed by atoms with Gasteiger partial charge in [0, 0.05) is 18.4 Å². The van der Waals surface area contributed by atoms with Gasteiger partial charge in [0.1, 0.15) is 5.75 Å². The average Bonchev–Trinajstić information content (AvgIpc) is 3.03. The second kappa shape index (κ2) is 7.64. The summed E-state index contributed by atoms with van der Waals surface area (Å²) in [5.41, 5.74) is 2.23. The normalized spacial score (nSPS) is 10.7. The Balaban J connectivity index is 1.49. The molecule has 24 heavy (non-hydrogen) atoms. The summed E-state index contributed by atoms with van der Waals surface area (Å²) in [7, 11) is 1.64. The molecule has 3 rings (SSSR count). The number of ether oxygens (including phenoxy) is 1. The van der Waals surface area contributed by atoms with Crippen molar-refractivity contribution in [3.05, 3.63) is 60.3 Å². The van der Waals surface area contributed by atoms with Crippen LogP contribution in [0.1, 0.15) is 12.0 Å². The molecule has 0 aliphatic heterocycles. The molecule has 1 aromatic heterocycles. The molecule has 0 aliphatic carbocycles. The van der Waals surface area contributed by atoms with Crippen LogP contribution in [0.15, 0.2) is 54.7 Å². The maximum Gasteiger partial charge on any atom is 0.221 e. The summed E-state index contributed by atoms with van der Waals surface area (Å²) >= 11 is 0. The highest BCUT2D eigenvalue weighted by Crippen LogP contribution is 2.20. The topological polar surface area (TPSA) is 56.2 Å². The SMILES string of the molecule is COc1ccc2c(cnn2CCC(=O)NCCc2ccccc2)c1. The Kier molecular flexibility index (Phi) is 5.11. The highest BCUT2D eigenvalue weighted by Gasteiger charge is 2.07. The van der Waals surface area contributed by atoms with Crippen molar-refractivity contribution in [2.24, 2.45) is 0 Å². The zero-order valence-electron chi connectivity index (χ0n) is 13.7. The number of hydrogen-bond donors (Lipinski definition) is 1. The number of carbonyl (C=O) groups is 1. The van der Waals surface area contributed by atoms with Crippen LogP contribution in [-0.4, -0.2) is 29.3 Å². The first-order chi connectivity index (χ1) is 11.8. The summed E-state index contributed by atoms with van der Waals surface area (Å²) in [4.78, 5) is 12.0. The van der Waals surface area contributed by atoms with Crippen molar-refractivity contribution in [2.75, 3.05) is 13.7 Å². The number of hydrogen-bond acceptors (Lipinski definition) is 3. The number of nitrogens with one attached hydrogen (secondary N) is 1. The summed E-state index contributed by atoms with van der Waals surface area (Å²) in [6, 6.07) is 16.0. The number of nitrogens with zero attached hydrogens (tertiary/aromatic N) is 2. The van der Waals surface area contributed by atoms with Crippen LogP contribution in [0.4, 0.5) is 0 Å². The van der Waals surface area contributed by atoms with Crippen LogP contribution in [0.2, 0.25) is 0 Å². The summed E-state index contributed by atoms with van der Waals surface area (Å²) in [6.07, 6.45) is 3.06. The molecular formula is C19H21N3O2. The maximum absolute atomic E-state index is 12.0. The van der Waals surface area contributed by atoms with Crippen LogP contribution in [0, 0.1) is 0 Å². The molecule has 0 saturated carbocycles. The first-order valence-electron chi connectivity index (χ1n) is 8.06. The number of carbonyl (C=O) groups excluding carboxylic acids is 1. The molecule has 0 fully saturated rings. The van der Waals surface area contributed by atoms with E-state index in [0.29, 0.717) is 19.5 Å². The van der Waals surface area contributed by atoms with E-state index in [-0.39, 0.29) is 5.91 Å². The Hall–Kier alpha value is -2.82. The van der Waals surface area contributed by atoms with Crippen LogP contribution < -0.4 is 10.1 Å². The monoisotopic (exact) mass is 323 g/mol. The van der Waals surface area contributed by atoms with Crippen molar-refractivity contribution >= 4 is 16.8 Å². The van der Waals surface area contributed by atoms with Gasteiger partial charge in [0.2, 0.25) is 5.91 Å². The van der Waals surface area contributed by atoms with E-state index in [1.54, 1.807) is 13.3 Å². The fourth-order valence-electron chi connectivity index (χ4n) is 2.66. The van der Waals surface area contributed by atoms with Gasteiger partial charge in [-0.25, -0.2) is 0 Å². The number of methoxy groups -OCH3 is 1. The summed E-state index contributed by atoms with van der Waals surface area (Å²) in [5, 5.41) is 8.32. The maximum atomic E-state index is 12.0. The van der Waals surface area contributed by atoms with Gasteiger partial charge in [-0.15, -0.1) is 0 Å². The summed E-state index contributed by atoms with van der Waals surface area (Å²) < 4.78 is 7.06. The van der Waals surface area contributed by atoms with Crippen molar-refractivity contribution in [1.82, 2.24) is 15.1 Å². The number of aryl methyl sites for hydroxylation is 1. The van der Waals surface area contributed by atoms with Crippen LogP contribution >= 0.6 is 0 Å². The van der Waals surface area contributed by atoms with Gasteiger partial charge in [0.15, 0.2) is 0 Å². The Morgan fingerprint density at radius 3 is 2.83 bits per heavy atom. The average molecular weight is 323 g/mol. The smallest absolute Gasteiger partial charge is 0.221 e. The Morgan fingerprint density at radius 1 is 1.21 bits per heavy atom. The third-order valence-electron chi connectivity index (χ3n) is 3.98. The van der Waals surface area contributed by atoms with Crippen molar-refractivity contribution in [2.45, 2.75) is 19.4 Å². The molecule has 0 atom stereocenters. The quantitative estimate of drug-likeness (QED) is 0.727. The van der Waals surface area contributed by atoms with E-state index in [0.717, 1.165) is 23.1 Å². The van der Waals surface area contributed by atoms with Gasteiger partial charge >= 0.3 is 0 Å². The van der Waals surface area contributed by atoms with Gasteiger partial charge in [-0.2, -0.15) is 5.10 Å². The third-order valence-corrected chi connectivity index (χ3v) is 3.98. The third kappa shape index (κ3) is 3.93. The number of rotatable bonds is 7. The van der Waals surface area contributed by atoms with Gasteiger partial charge in [-0.3, -0.25) is 9.48 Å². The number of fused-ring (bicyclic) bond motifs is 1. The van der Waals surface area contributed by atoms with E-state index in [1.807, 2.05) is 41.1 Å².